The predicted octanol–water partition coefficient (Wildman–Crippen LogP) is 0.754. The van der Waals surface area contributed by atoms with Crippen molar-refractivity contribution in [3.63, 3.8) is 0 Å². The molecular weight excluding hydrogens is 178 g/mol. The molecule has 0 aliphatic carbocycles. The van der Waals surface area contributed by atoms with Gasteiger partial charge in [-0.05, 0) is 18.9 Å². The molecule has 14 heavy (non-hydrogen) atoms. The van der Waals surface area contributed by atoms with Crippen molar-refractivity contribution in [2.75, 3.05) is 7.11 Å². The van der Waals surface area contributed by atoms with Crippen LogP contribution in [0.25, 0.3) is 0 Å². The van der Waals surface area contributed by atoms with E-state index in [1.165, 1.54) is 6.92 Å². The van der Waals surface area contributed by atoms with E-state index in [1.807, 2.05) is 30.3 Å². The van der Waals surface area contributed by atoms with E-state index in [9.17, 15) is 4.79 Å². The summed E-state index contributed by atoms with van der Waals surface area (Å²) in [6.07, 6.45) is 0.635. The molecule has 3 heteroatoms. The van der Waals surface area contributed by atoms with Crippen LogP contribution in [0.2, 0.25) is 0 Å². The number of hydrogen-bond donors (Lipinski definition) is 2. The first kappa shape index (κ1) is 12.8. The van der Waals surface area contributed by atoms with Gasteiger partial charge in [0.2, 0.25) is 0 Å². The van der Waals surface area contributed by atoms with Crippen molar-refractivity contribution in [2.24, 2.45) is 5.73 Å². The van der Waals surface area contributed by atoms with Crippen LogP contribution in [0, 0.1) is 0 Å². The molecule has 0 aliphatic heterocycles. The van der Waals surface area contributed by atoms with Gasteiger partial charge in [0, 0.05) is 7.11 Å². The van der Waals surface area contributed by atoms with Crippen LogP contribution in [0.15, 0.2) is 30.3 Å². The van der Waals surface area contributed by atoms with E-state index < -0.39 is 0 Å². The number of ketones is 1. The Morgan fingerprint density at radius 3 is 2.29 bits per heavy atom. The minimum atomic E-state index is -0.354. The van der Waals surface area contributed by atoms with E-state index in [1.54, 1.807) is 0 Å². The molecule has 0 saturated carbocycles. The lowest BCUT2D eigenvalue weighted by Crippen LogP contribution is -2.30. The van der Waals surface area contributed by atoms with Crippen molar-refractivity contribution >= 4 is 5.78 Å². The lowest BCUT2D eigenvalue weighted by molar-refractivity contribution is -0.118. The van der Waals surface area contributed by atoms with E-state index in [0.717, 1.165) is 12.7 Å². The fourth-order valence-electron chi connectivity index (χ4n) is 1.01. The van der Waals surface area contributed by atoms with Crippen LogP contribution in [0.1, 0.15) is 12.5 Å². The van der Waals surface area contributed by atoms with Gasteiger partial charge in [0.1, 0.15) is 5.78 Å². The number of nitrogens with two attached hydrogens (primary N) is 1. The van der Waals surface area contributed by atoms with Gasteiger partial charge in [0.15, 0.2) is 0 Å². The summed E-state index contributed by atoms with van der Waals surface area (Å²) in [5.74, 6) is 0.0406. The smallest absolute Gasteiger partial charge is 0.146 e. The number of carbonyl (C=O) groups is 1. The highest BCUT2D eigenvalue weighted by atomic mass is 16.2. The van der Waals surface area contributed by atoms with Gasteiger partial charge in [-0.3, -0.25) is 4.79 Å². The van der Waals surface area contributed by atoms with Crippen molar-refractivity contribution in [1.29, 1.82) is 0 Å². The van der Waals surface area contributed by atoms with Crippen LogP contribution < -0.4 is 5.73 Å². The topological polar surface area (TPSA) is 63.3 Å². The molecule has 1 aromatic rings. The first-order chi connectivity index (χ1) is 6.70. The molecule has 0 fully saturated rings. The molecule has 3 nitrogen and oxygen atoms in total. The van der Waals surface area contributed by atoms with Crippen LogP contribution >= 0.6 is 0 Å². The fraction of sp³-hybridized carbons (Fsp3) is 0.364. The predicted molar refractivity (Wildman–Crippen MR) is 56.9 cm³/mol. The summed E-state index contributed by atoms with van der Waals surface area (Å²) >= 11 is 0. The zero-order valence-corrected chi connectivity index (χ0v) is 8.60. The maximum Gasteiger partial charge on any atom is 0.146 e. The minimum absolute atomic E-state index is 0.0406. The Hall–Kier alpha value is -1.19. The first-order valence-electron chi connectivity index (χ1n) is 4.45. The molecule has 0 aliphatic rings. The minimum Gasteiger partial charge on any atom is -0.400 e. The van der Waals surface area contributed by atoms with Gasteiger partial charge in [-0.15, -0.1) is 0 Å². The van der Waals surface area contributed by atoms with E-state index in [0.29, 0.717) is 6.42 Å². The van der Waals surface area contributed by atoms with Crippen molar-refractivity contribution < 1.29 is 9.90 Å². The zero-order chi connectivity index (χ0) is 11.0. The highest BCUT2D eigenvalue weighted by molar-refractivity contribution is 5.81. The molecule has 1 aromatic carbocycles. The molecular formula is C11H17NO2. The number of aliphatic hydroxyl groups is 1. The van der Waals surface area contributed by atoms with Crippen LogP contribution in [-0.2, 0) is 11.2 Å². The Labute approximate surface area is 84.6 Å². The van der Waals surface area contributed by atoms with Crippen molar-refractivity contribution in [1.82, 2.24) is 0 Å². The molecule has 0 spiro atoms. The Morgan fingerprint density at radius 1 is 1.36 bits per heavy atom. The van der Waals surface area contributed by atoms with Gasteiger partial charge in [-0.1, -0.05) is 30.3 Å². The maximum atomic E-state index is 10.8. The summed E-state index contributed by atoms with van der Waals surface area (Å²) < 4.78 is 0. The summed E-state index contributed by atoms with van der Waals surface area (Å²) in [4.78, 5) is 10.8. The summed E-state index contributed by atoms with van der Waals surface area (Å²) in [5.41, 5.74) is 6.71. The summed E-state index contributed by atoms with van der Waals surface area (Å²) in [6, 6.07) is 9.44. The van der Waals surface area contributed by atoms with E-state index in [4.69, 9.17) is 10.8 Å². The average Bonchev–Trinajstić information content (AvgIpc) is 2.22. The molecule has 0 radical (unpaired) electrons. The van der Waals surface area contributed by atoms with Crippen molar-refractivity contribution in [2.45, 2.75) is 19.4 Å². The summed E-state index contributed by atoms with van der Waals surface area (Å²) in [7, 11) is 1.00. The Balaban J connectivity index is 0.000000791. The maximum absolute atomic E-state index is 10.8. The van der Waals surface area contributed by atoms with Crippen LogP contribution in [0.4, 0.5) is 0 Å². The normalized spacial score (nSPS) is 11.1. The third kappa shape index (κ3) is 4.74. The Bertz CT molecular complexity index is 259. The molecule has 1 atom stereocenters. The van der Waals surface area contributed by atoms with Gasteiger partial charge in [0.05, 0.1) is 6.04 Å². The Kier molecular flexibility index (Phi) is 6.62. The third-order valence-electron chi connectivity index (χ3n) is 1.82. The van der Waals surface area contributed by atoms with Gasteiger partial charge in [-0.25, -0.2) is 0 Å². The highest BCUT2D eigenvalue weighted by Gasteiger charge is 2.07. The van der Waals surface area contributed by atoms with Crippen LogP contribution in [0.5, 0.6) is 0 Å². The second kappa shape index (κ2) is 7.24. The molecule has 78 valence electrons. The van der Waals surface area contributed by atoms with Crippen LogP contribution in [-0.4, -0.2) is 24.0 Å². The molecule has 0 aromatic heterocycles. The number of rotatable bonds is 3. The number of benzene rings is 1. The number of Topliss-reactive ketones (excluding diaryl/α,β-unsaturated/α-hetero) is 1. The van der Waals surface area contributed by atoms with Gasteiger partial charge in [0.25, 0.3) is 0 Å². The highest BCUT2D eigenvalue weighted by Crippen LogP contribution is 2.01. The monoisotopic (exact) mass is 195 g/mol. The quantitative estimate of drug-likeness (QED) is 0.748. The SMILES string of the molecule is CC(=O)C(N)Cc1ccccc1.CO. The zero-order valence-electron chi connectivity index (χ0n) is 8.60. The standard InChI is InChI=1S/C10H13NO.CH4O/c1-8(12)10(11)7-9-5-3-2-4-6-9;1-2/h2-6,10H,7,11H2,1H3;2H,1H3. The number of carbonyl (C=O) groups excluding carboxylic acids is 1. The number of aliphatic hydroxyl groups excluding tert-OH is 1. The second-order valence-electron chi connectivity index (χ2n) is 2.91. The molecule has 1 rings (SSSR count). The Morgan fingerprint density at radius 2 is 1.86 bits per heavy atom. The van der Waals surface area contributed by atoms with Crippen LogP contribution in [0.3, 0.4) is 0 Å². The van der Waals surface area contributed by atoms with Crippen molar-refractivity contribution in [3.8, 4) is 0 Å². The lowest BCUT2D eigenvalue weighted by atomic mass is 10.0. The fourth-order valence-corrected chi connectivity index (χ4v) is 1.01. The summed E-state index contributed by atoms with van der Waals surface area (Å²) in [6.45, 7) is 1.52. The second-order valence-corrected chi connectivity index (χ2v) is 2.91. The van der Waals surface area contributed by atoms with Gasteiger partial charge in [-0.2, -0.15) is 0 Å². The van der Waals surface area contributed by atoms with E-state index >= 15 is 0 Å². The molecule has 0 heterocycles. The molecule has 0 saturated heterocycles. The van der Waals surface area contributed by atoms with E-state index in [-0.39, 0.29) is 11.8 Å². The van der Waals surface area contributed by atoms with Gasteiger partial charge < -0.3 is 10.8 Å². The average molecular weight is 195 g/mol. The molecule has 3 N–H and O–H groups in total. The lowest BCUT2D eigenvalue weighted by Gasteiger charge is -2.06. The summed E-state index contributed by atoms with van der Waals surface area (Å²) in [5, 5.41) is 7.00. The molecule has 1 unspecified atom stereocenters. The van der Waals surface area contributed by atoms with E-state index in [2.05, 4.69) is 0 Å². The molecule has 0 bridgehead atoms. The van der Waals surface area contributed by atoms with Gasteiger partial charge >= 0.3 is 0 Å². The third-order valence-corrected chi connectivity index (χ3v) is 1.82. The number of hydrogen-bond acceptors (Lipinski definition) is 3. The largest absolute Gasteiger partial charge is 0.400 e. The molecule has 0 amide bonds. The van der Waals surface area contributed by atoms with Crippen molar-refractivity contribution in [3.05, 3.63) is 35.9 Å². The first-order valence-corrected chi connectivity index (χ1v) is 4.45.